The number of anilines is 1. The molecule has 0 bridgehead atoms. The largest absolute Gasteiger partial charge is 0.311 e. The summed E-state index contributed by atoms with van der Waals surface area (Å²) in [5.41, 5.74) is 0.521. The molecule has 0 saturated carbocycles. The lowest BCUT2D eigenvalue weighted by Crippen LogP contribution is -2.37. The van der Waals surface area contributed by atoms with E-state index < -0.39 is 15.8 Å². The van der Waals surface area contributed by atoms with Gasteiger partial charge in [0.2, 0.25) is 15.9 Å². The van der Waals surface area contributed by atoms with E-state index in [1.807, 2.05) is 6.92 Å². The van der Waals surface area contributed by atoms with Gasteiger partial charge in [0.05, 0.1) is 0 Å². The zero-order valence-electron chi connectivity index (χ0n) is 13.5. The summed E-state index contributed by atoms with van der Waals surface area (Å²) in [7, 11) is -3.59. The van der Waals surface area contributed by atoms with Gasteiger partial charge in [-0.1, -0.05) is 6.92 Å². The quantitative estimate of drug-likeness (QED) is 0.815. The number of carbonyl (C=O) groups excluding carboxylic acids is 1. The third-order valence-electron chi connectivity index (χ3n) is 3.40. The number of halogens is 1. The van der Waals surface area contributed by atoms with Crippen LogP contribution in [0.25, 0.3) is 0 Å². The van der Waals surface area contributed by atoms with Crippen LogP contribution in [0.4, 0.5) is 10.1 Å². The van der Waals surface area contributed by atoms with Crippen LogP contribution in [-0.4, -0.2) is 27.4 Å². The molecule has 0 fully saturated rings. The monoisotopic (exact) mass is 370 g/mol. The van der Waals surface area contributed by atoms with Gasteiger partial charge in [-0.05, 0) is 42.8 Å². The summed E-state index contributed by atoms with van der Waals surface area (Å²) in [6.45, 7) is 3.57. The molecule has 5 nitrogen and oxygen atoms in total. The molecular formula is C16H19FN2O3S2. The fraction of sp³-hybridized carbons (Fsp3) is 0.312. The molecular weight excluding hydrogens is 351 g/mol. The smallest absolute Gasteiger partial charge is 0.250 e. The minimum absolute atomic E-state index is 0.0681. The number of sulfonamides is 1. The number of benzene rings is 1. The van der Waals surface area contributed by atoms with Gasteiger partial charge in [-0.25, -0.2) is 17.5 Å². The second kappa shape index (κ2) is 7.87. The molecule has 1 N–H and O–H groups in total. The van der Waals surface area contributed by atoms with E-state index in [1.165, 1.54) is 47.4 Å². The van der Waals surface area contributed by atoms with E-state index in [-0.39, 0.29) is 23.2 Å². The summed E-state index contributed by atoms with van der Waals surface area (Å²) in [6, 6.07) is 8.85. The molecule has 2 aromatic rings. The Labute approximate surface area is 145 Å². The average molecular weight is 370 g/mol. The number of nitrogens with zero attached hydrogens (tertiary/aromatic N) is 1. The molecule has 2 rings (SSSR count). The summed E-state index contributed by atoms with van der Waals surface area (Å²) in [5, 5.41) is 0. The first kappa shape index (κ1) is 18.6. The summed E-state index contributed by atoms with van der Waals surface area (Å²) in [4.78, 5) is 14.1. The molecule has 0 atom stereocenters. The molecule has 1 aromatic carbocycles. The molecule has 0 aliphatic heterocycles. The lowest BCUT2D eigenvalue weighted by molar-refractivity contribution is -0.116. The van der Waals surface area contributed by atoms with Gasteiger partial charge in [-0.2, -0.15) is 0 Å². The molecule has 1 heterocycles. The molecule has 0 radical (unpaired) electrons. The van der Waals surface area contributed by atoms with E-state index >= 15 is 0 Å². The van der Waals surface area contributed by atoms with Crippen LogP contribution in [0.3, 0.4) is 0 Å². The zero-order chi connectivity index (χ0) is 17.7. The number of amides is 1. The Morgan fingerprint density at radius 2 is 1.88 bits per heavy atom. The second-order valence-corrected chi connectivity index (χ2v) is 8.28. The molecule has 0 aliphatic rings. The number of nitrogens with one attached hydrogen (secondary N) is 1. The topological polar surface area (TPSA) is 66.5 Å². The van der Waals surface area contributed by atoms with E-state index in [9.17, 15) is 17.6 Å². The number of aryl methyl sites for hydroxylation is 1. The van der Waals surface area contributed by atoms with Gasteiger partial charge in [0, 0.05) is 30.6 Å². The van der Waals surface area contributed by atoms with Gasteiger partial charge < -0.3 is 4.90 Å². The van der Waals surface area contributed by atoms with E-state index in [4.69, 9.17) is 0 Å². The van der Waals surface area contributed by atoms with Crippen LogP contribution in [0.1, 0.15) is 18.7 Å². The highest BCUT2D eigenvalue weighted by molar-refractivity contribution is 7.91. The van der Waals surface area contributed by atoms with Crippen LogP contribution in [0, 0.1) is 5.82 Å². The van der Waals surface area contributed by atoms with Gasteiger partial charge in [0.25, 0.3) is 0 Å². The fourth-order valence-corrected chi connectivity index (χ4v) is 4.51. The third kappa shape index (κ3) is 4.62. The first-order valence-electron chi connectivity index (χ1n) is 7.45. The Hall–Kier alpha value is -1.77. The number of carbonyl (C=O) groups is 1. The fourth-order valence-electron chi connectivity index (χ4n) is 2.15. The Morgan fingerprint density at radius 1 is 1.21 bits per heavy atom. The van der Waals surface area contributed by atoms with E-state index in [1.54, 1.807) is 12.1 Å². The second-order valence-electron chi connectivity index (χ2n) is 5.12. The average Bonchev–Trinajstić information content (AvgIpc) is 3.02. The molecule has 130 valence electrons. The number of rotatable bonds is 7. The van der Waals surface area contributed by atoms with Crippen molar-refractivity contribution in [2.45, 2.75) is 24.5 Å². The van der Waals surface area contributed by atoms with Crippen molar-refractivity contribution >= 4 is 33.0 Å². The molecule has 1 aromatic heterocycles. The van der Waals surface area contributed by atoms with E-state index in [0.717, 1.165) is 11.3 Å². The van der Waals surface area contributed by atoms with Crippen LogP contribution in [0.5, 0.6) is 0 Å². The van der Waals surface area contributed by atoms with Crippen LogP contribution < -0.4 is 9.62 Å². The van der Waals surface area contributed by atoms with Crippen molar-refractivity contribution in [2.75, 3.05) is 18.0 Å². The van der Waals surface area contributed by atoms with E-state index in [0.29, 0.717) is 5.69 Å². The highest BCUT2D eigenvalue weighted by Gasteiger charge is 2.18. The maximum Gasteiger partial charge on any atom is 0.250 e. The Bertz CT molecular complexity index is 801. The lowest BCUT2D eigenvalue weighted by atomic mass is 10.2. The molecule has 24 heavy (non-hydrogen) atoms. The van der Waals surface area contributed by atoms with Gasteiger partial charge in [-0.3, -0.25) is 4.79 Å². The summed E-state index contributed by atoms with van der Waals surface area (Å²) in [6.07, 6.45) is 0.781. The zero-order valence-corrected chi connectivity index (χ0v) is 15.1. The molecule has 0 aliphatic carbocycles. The van der Waals surface area contributed by atoms with Crippen molar-refractivity contribution in [1.29, 1.82) is 0 Å². The first-order chi connectivity index (χ1) is 11.3. The van der Waals surface area contributed by atoms with Crippen molar-refractivity contribution < 1.29 is 17.6 Å². The Morgan fingerprint density at radius 3 is 2.42 bits per heavy atom. The van der Waals surface area contributed by atoms with Crippen molar-refractivity contribution in [3.8, 4) is 0 Å². The summed E-state index contributed by atoms with van der Waals surface area (Å²) < 4.78 is 40.2. The highest BCUT2D eigenvalue weighted by atomic mass is 32.2. The highest BCUT2D eigenvalue weighted by Crippen LogP contribution is 2.21. The van der Waals surface area contributed by atoms with Crippen LogP contribution in [-0.2, 0) is 21.2 Å². The number of thiophene rings is 1. The van der Waals surface area contributed by atoms with Gasteiger partial charge in [0.15, 0.2) is 0 Å². The standard InChI is InChI=1S/C16H19FN2O3S2/c1-3-15-8-9-16(23-15)24(21,22)18-10-11-19(12(2)20)14-6-4-13(17)5-7-14/h4-9,18H,3,10-11H2,1-2H3. The third-order valence-corrected chi connectivity index (χ3v) is 6.58. The predicted molar refractivity (Wildman–Crippen MR) is 93.3 cm³/mol. The maximum absolute atomic E-state index is 13.0. The maximum atomic E-state index is 13.0. The summed E-state index contributed by atoms with van der Waals surface area (Å²) >= 11 is 1.23. The number of hydrogen-bond acceptors (Lipinski definition) is 4. The summed E-state index contributed by atoms with van der Waals surface area (Å²) in [5.74, 6) is -0.641. The van der Waals surface area contributed by atoms with Crippen LogP contribution >= 0.6 is 11.3 Å². The van der Waals surface area contributed by atoms with Crippen molar-refractivity contribution in [2.24, 2.45) is 0 Å². The van der Waals surface area contributed by atoms with E-state index in [2.05, 4.69) is 4.72 Å². The normalized spacial score (nSPS) is 11.5. The SMILES string of the molecule is CCc1ccc(S(=O)(=O)NCCN(C(C)=O)c2ccc(F)cc2)s1. The molecule has 8 heteroatoms. The predicted octanol–water partition coefficient (Wildman–Crippen LogP) is 2.78. The van der Waals surface area contributed by atoms with Crippen LogP contribution in [0.2, 0.25) is 0 Å². The van der Waals surface area contributed by atoms with Crippen molar-refractivity contribution in [1.82, 2.24) is 4.72 Å². The number of hydrogen-bond donors (Lipinski definition) is 1. The van der Waals surface area contributed by atoms with Gasteiger partial charge in [0.1, 0.15) is 10.0 Å². The van der Waals surface area contributed by atoms with Gasteiger partial charge >= 0.3 is 0 Å². The Kier molecular flexibility index (Phi) is 6.09. The molecule has 0 unspecified atom stereocenters. The minimum atomic E-state index is -3.59. The molecule has 1 amide bonds. The molecule has 0 saturated heterocycles. The lowest BCUT2D eigenvalue weighted by Gasteiger charge is -2.21. The molecule has 0 spiro atoms. The Balaban J connectivity index is 2.02. The van der Waals surface area contributed by atoms with Crippen molar-refractivity contribution in [3.63, 3.8) is 0 Å². The minimum Gasteiger partial charge on any atom is -0.311 e. The first-order valence-corrected chi connectivity index (χ1v) is 9.75. The van der Waals surface area contributed by atoms with Crippen LogP contribution in [0.15, 0.2) is 40.6 Å². The van der Waals surface area contributed by atoms with Gasteiger partial charge in [-0.15, -0.1) is 11.3 Å². The van der Waals surface area contributed by atoms with Crippen molar-refractivity contribution in [3.05, 3.63) is 47.1 Å².